The maximum absolute atomic E-state index is 11.8. The molecule has 0 saturated carbocycles. The van der Waals surface area contributed by atoms with Gasteiger partial charge in [0.25, 0.3) is 0 Å². The van der Waals surface area contributed by atoms with Crippen molar-refractivity contribution in [3.05, 3.63) is 30.3 Å². The van der Waals surface area contributed by atoms with Crippen LogP contribution in [0, 0.1) is 0 Å². The number of nitrogens with one attached hydrogen (secondary N) is 2. The van der Waals surface area contributed by atoms with E-state index in [9.17, 15) is 4.79 Å². The fraction of sp³-hybridized carbons (Fsp3) is 0.429. The molecule has 0 unspecified atom stereocenters. The van der Waals surface area contributed by atoms with Gasteiger partial charge in [-0.3, -0.25) is 4.79 Å². The number of carbonyl (C=O) groups is 1. The Morgan fingerprint density at radius 2 is 2.05 bits per heavy atom. The van der Waals surface area contributed by atoms with Crippen molar-refractivity contribution in [2.75, 3.05) is 33.4 Å². The standard InChI is InChI=1S/C14H20N6O2/c1-22-10-9-15-7-8-16-13(21)11-20-18-14(17-19-20)12-5-3-2-4-6-12/h2-6,15H,7-11H2,1H3,(H,16,21). The summed E-state index contributed by atoms with van der Waals surface area (Å²) in [5.74, 6) is 0.361. The van der Waals surface area contributed by atoms with Gasteiger partial charge < -0.3 is 15.4 Å². The van der Waals surface area contributed by atoms with Gasteiger partial charge in [-0.05, 0) is 5.21 Å². The van der Waals surface area contributed by atoms with Crippen LogP contribution in [0.25, 0.3) is 11.4 Å². The lowest BCUT2D eigenvalue weighted by Gasteiger charge is -2.05. The summed E-state index contributed by atoms with van der Waals surface area (Å²) in [6.45, 7) is 2.70. The van der Waals surface area contributed by atoms with Crippen LogP contribution in [-0.2, 0) is 16.1 Å². The number of nitrogens with zero attached hydrogens (tertiary/aromatic N) is 4. The zero-order valence-electron chi connectivity index (χ0n) is 12.5. The van der Waals surface area contributed by atoms with E-state index in [0.717, 1.165) is 12.1 Å². The molecule has 1 heterocycles. The van der Waals surface area contributed by atoms with Crippen LogP contribution in [0.5, 0.6) is 0 Å². The third-order valence-electron chi connectivity index (χ3n) is 2.88. The number of rotatable bonds is 9. The van der Waals surface area contributed by atoms with E-state index in [0.29, 0.717) is 25.5 Å². The summed E-state index contributed by atoms with van der Waals surface area (Å²) >= 11 is 0. The van der Waals surface area contributed by atoms with Gasteiger partial charge in [-0.25, -0.2) is 0 Å². The van der Waals surface area contributed by atoms with Crippen LogP contribution in [0.4, 0.5) is 0 Å². The number of methoxy groups -OCH3 is 1. The lowest BCUT2D eigenvalue weighted by atomic mass is 10.2. The first-order chi connectivity index (χ1) is 10.8. The Hall–Kier alpha value is -2.32. The predicted molar refractivity (Wildman–Crippen MR) is 81.0 cm³/mol. The predicted octanol–water partition coefficient (Wildman–Crippen LogP) is -0.308. The number of carbonyl (C=O) groups excluding carboxylic acids is 1. The molecule has 0 atom stereocenters. The average Bonchev–Trinajstić information content (AvgIpc) is 3.00. The Balaban J connectivity index is 1.72. The second-order valence-electron chi connectivity index (χ2n) is 4.60. The summed E-state index contributed by atoms with van der Waals surface area (Å²) < 4.78 is 4.91. The van der Waals surface area contributed by atoms with Crippen molar-refractivity contribution in [2.24, 2.45) is 0 Å². The summed E-state index contributed by atoms with van der Waals surface area (Å²) in [5.41, 5.74) is 0.872. The summed E-state index contributed by atoms with van der Waals surface area (Å²) in [7, 11) is 1.65. The third kappa shape index (κ3) is 5.23. The van der Waals surface area contributed by atoms with E-state index in [-0.39, 0.29) is 12.5 Å². The van der Waals surface area contributed by atoms with Crippen molar-refractivity contribution in [1.82, 2.24) is 30.8 Å². The smallest absolute Gasteiger partial charge is 0.243 e. The highest BCUT2D eigenvalue weighted by Crippen LogP contribution is 2.11. The van der Waals surface area contributed by atoms with E-state index in [4.69, 9.17) is 4.74 Å². The molecule has 0 fully saturated rings. The van der Waals surface area contributed by atoms with E-state index < -0.39 is 0 Å². The average molecular weight is 304 g/mol. The fourth-order valence-corrected chi connectivity index (χ4v) is 1.79. The Morgan fingerprint density at radius 1 is 1.23 bits per heavy atom. The number of hydrogen-bond donors (Lipinski definition) is 2. The summed E-state index contributed by atoms with van der Waals surface area (Å²) in [6, 6.07) is 9.51. The van der Waals surface area contributed by atoms with Crippen molar-refractivity contribution in [3.63, 3.8) is 0 Å². The summed E-state index contributed by atoms with van der Waals surface area (Å²) in [5, 5.41) is 17.9. The number of amides is 1. The van der Waals surface area contributed by atoms with Crippen LogP contribution >= 0.6 is 0 Å². The van der Waals surface area contributed by atoms with Gasteiger partial charge in [0.2, 0.25) is 11.7 Å². The lowest BCUT2D eigenvalue weighted by molar-refractivity contribution is -0.122. The van der Waals surface area contributed by atoms with E-state index in [1.807, 2.05) is 30.3 Å². The molecule has 22 heavy (non-hydrogen) atoms. The molecule has 2 aromatic rings. The van der Waals surface area contributed by atoms with Crippen molar-refractivity contribution in [3.8, 4) is 11.4 Å². The Kier molecular flexibility index (Phi) is 6.46. The number of aromatic nitrogens is 4. The second kappa shape index (κ2) is 8.85. The molecule has 2 rings (SSSR count). The molecule has 8 heteroatoms. The van der Waals surface area contributed by atoms with Crippen molar-refractivity contribution in [1.29, 1.82) is 0 Å². The zero-order valence-corrected chi connectivity index (χ0v) is 12.5. The highest BCUT2D eigenvalue weighted by Gasteiger charge is 2.08. The van der Waals surface area contributed by atoms with Gasteiger partial charge in [-0.2, -0.15) is 4.80 Å². The molecule has 1 amide bonds. The minimum absolute atomic E-state index is 0.0535. The molecule has 0 spiro atoms. The number of ether oxygens (including phenoxy) is 1. The molecule has 1 aromatic carbocycles. The minimum atomic E-state index is -0.148. The number of hydrogen-bond acceptors (Lipinski definition) is 6. The van der Waals surface area contributed by atoms with Crippen LogP contribution in [0.1, 0.15) is 0 Å². The second-order valence-corrected chi connectivity index (χ2v) is 4.60. The first-order valence-electron chi connectivity index (χ1n) is 7.09. The minimum Gasteiger partial charge on any atom is -0.383 e. The first kappa shape index (κ1) is 16.1. The molecule has 0 saturated heterocycles. The first-order valence-corrected chi connectivity index (χ1v) is 7.09. The topological polar surface area (TPSA) is 94.0 Å². The largest absolute Gasteiger partial charge is 0.383 e. The molecule has 8 nitrogen and oxygen atoms in total. The maximum Gasteiger partial charge on any atom is 0.243 e. The fourth-order valence-electron chi connectivity index (χ4n) is 1.79. The molecule has 2 N–H and O–H groups in total. The quantitative estimate of drug-likeness (QED) is 0.617. The molecule has 0 aliphatic heterocycles. The maximum atomic E-state index is 11.8. The van der Waals surface area contributed by atoms with Crippen LogP contribution in [0.3, 0.4) is 0 Å². The lowest BCUT2D eigenvalue weighted by Crippen LogP contribution is -2.35. The number of tetrazole rings is 1. The van der Waals surface area contributed by atoms with Crippen LogP contribution < -0.4 is 10.6 Å². The molecule has 0 bridgehead atoms. The molecule has 118 valence electrons. The molecule has 0 aliphatic carbocycles. The number of benzene rings is 1. The highest BCUT2D eigenvalue weighted by molar-refractivity contribution is 5.75. The van der Waals surface area contributed by atoms with Crippen molar-refractivity contribution >= 4 is 5.91 Å². The van der Waals surface area contributed by atoms with Gasteiger partial charge in [0.15, 0.2) is 0 Å². The Labute approximate surface area is 128 Å². The molecule has 1 aromatic heterocycles. The van der Waals surface area contributed by atoms with Gasteiger partial charge in [-0.15, -0.1) is 10.2 Å². The molecular weight excluding hydrogens is 284 g/mol. The Morgan fingerprint density at radius 3 is 2.82 bits per heavy atom. The third-order valence-corrected chi connectivity index (χ3v) is 2.88. The molecule has 0 aliphatic rings. The molecular formula is C14H20N6O2. The van der Waals surface area contributed by atoms with E-state index >= 15 is 0 Å². The van der Waals surface area contributed by atoms with E-state index in [1.165, 1.54) is 4.80 Å². The van der Waals surface area contributed by atoms with Crippen molar-refractivity contribution in [2.45, 2.75) is 6.54 Å². The SMILES string of the molecule is COCCNCCNC(=O)Cn1nnc(-c2ccccc2)n1. The van der Waals surface area contributed by atoms with Crippen LogP contribution in [0.15, 0.2) is 30.3 Å². The van der Waals surface area contributed by atoms with Crippen LogP contribution in [-0.4, -0.2) is 59.5 Å². The van der Waals surface area contributed by atoms with Gasteiger partial charge >= 0.3 is 0 Å². The van der Waals surface area contributed by atoms with Gasteiger partial charge in [0, 0.05) is 32.3 Å². The van der Waals surface area contributed by atoms with Gasteiger partial charge in [0.1, 0.15) is 6.54 Å². The van der Waals surface area contributed by atoms with E-state index in [1.54, 1.807) is 7.11 Å². The highest BCUT2D eigenvalue weighted by atomic mass is 16.5. The van der Waals surface area contributed by atoms with Crippen LogP contribution in [0.2, 0.25) is 0 Å². The summed E-state index contributed by atoms with van der Waals surface area (Å²) in [6.07, 6.45) is 0. The zero-order chi connectivity index (χ0) is 15.6. The van der Waals surface area contributed by atoms with Gasteiger partial charge in [-0.1, -0.05) is 30.3 Å². The molecule has 0 radical (unpaired) electrons. The normalized spacial score (nSPS) is 10.6. The Bertz CT molecular complexity index is 572. The van der Waals surface area contributed by atoms with E-state index in [2.05, 4.69) is 26.0 Å². The van der Waals surface area contributed by atoms with Gasteiger partial charge in [0.05, 0.1) is 6.61 Å². The summed E-state index contributed by atoms with van der Waals surface area (Å²) in [4.78, 5) is 13.0. The van der Waals surface area contributed by atoms with Crippen molar-refractivity contribution < 1.29 is 9.53 Å². The monoisotopic (exact) mass is 304 g/mol.